The lowest BCUT2D eigenvalue weighted by atomic mass is 9.79. The molecule has 0 aromatic heterocycles. The Labute approximate surface area is 383 Å². The minimum atomic E-state index is -0.230. The number of aromatic hydroxyl groups is 4. The van der Waals surface area contributed by atoms with Crippen LogP contribution in [-0.4, -0.2) is 69.5 Å². The van der Waals surface area contributed by atoms with E-state index in [1.165, 1.54) is 0 Å². The fraction of sp³-hybridized carbons (Fsp3) is 0.500. The summed E-state index contributed by atoms with van der Waals surface area (Å²) in [6.07, 6.45) is 14.9. The van der Waals surface area contributed by atoms with Crippen molar-refractivity contribution in [1.82, 2.24) is 0 Å². The number of hydrogen-bond acceptors (Lipinski definition) is 8. The van der Waals surface area contributed by atoms with E-state index >= 15 is 0 Å². The SMILES string of the molecule is CC(C)(C)c1cc(C=N[C@H]2CCCC[C@@H]2N=Cc2cccc(-c3cccc(C=N[C@H]4CCCC[C@@H]4N=Cc4cc(C(C)(C)C)cc(C(C)(C)C)c4O)c3O)c2O)c(O)c(C(C)(C)C)c1. The van der Waals surface area contributed by atoms with Crippen LogP contribution in [-0.2, 0) is 21.7 Å². The minimum Gasteiger partial charge on any atom is -0.507 e. The van der Waals surface area contributed by atoms with Crippen LogP contribution in [0.3, 0.4) is 0 Å². The zero-order valence-electron chi connectivity index (χ0n) is 40.6. The highest BCUT2D eigenvalue weighted by molar-refractivity contribution is 5.93. The lowest BCUT2D eigenvalue weighted by Crippen LogP contribution is -2.27. The molecule has 2 fully saturated rings. The molecule has 4 aromatic carbocycles. The number of para-hydroxylation sites is 2. The molecule has 4 atom stereocenters. The number of phenolic OH excluding ortho intramolecular Hbond substituents is 4. The van der Waals surface area contributed by atoms with Gasteiger partial charge in [-0.1, -0.05) is 145 Å². The fourth-order valence-electron chi connectivity index (χ4n) is 8.87. The van der Waals surface area contributed by atoms with Crippen LogP contribution in [0.2, 0.25) is 0 Å². The smallest absolute Gasteiger partial charge is 0.132 e. The van der Waals surface area contributed by atoms with E-state index in [-0.39, 0.29) is 68.8 Å². The van der Waals surface area contributed by atoms with E-state index in [1.54, 1.807) is 24.6 Å². The number of phenols is 4. The van der Waals surface area contributed by atoms with Crippen molar-refractivity contribution in [2.75, 3.05) is 0 Å². The second-order valence-corrected chi connectivity index (χ2v) is 22.4. The van der Waals surface area contributed by atoms with Gasteiger partial charge in [0.25, 0.3) is 0 Å². The van der Waals surface area contributed by atoms with Crippen molar-refractivity contribution in [1.29, 1.82) is 0 Å². The third kappa shape index (κ3) is 11.3. The van der Waals surface area contributed by atoms with Gasteiger partial charge in [0.15, 0.2) is 0 Å². The van der Waals surface area contributed by atoms with Crippen LogP contribution >= 0.6 is 0 Å². The van der Waals surface area contributed by atoms with E-state index in [1.807, 2.05) is 36.7 Å². The highest BCUT2D eigenvalue weighted by atomic mass is 16.3. The minimum absolute atomic E-state index is 0.0419. The van der Waals surface area contributed by atoms with Gasteiger partial charge >= 0.3 is 0 Å². The summed E-state index contributed by atoms with van der Waals surface area (Å²) in [5.41, 5.74) is 7.08. The Morgan fingerprint density at radius 2 is 0.688 bits per heavy atom. The first-order valence-electron chi connectivity index (χ1n) is 23.5. The highest BCUT2D eigenvalue weighted by Crippen LogP contribution is 2.41. The van der Waals surface area contributed by atoms with Crippen molar-refractivity contribution in [3.05, 3.63) is 105 Å². The van der Waals surface area contributed by atoms with Crippen LogP contribution in [0.1, 0.15) is 179 Å². The second kappa shape index (κ2) is 19.1. The quantitative estimate of drug-likeness (QED) is 0.125. The monoisotopic (exact) mass is 867 g/mol. The van der Waals surface area contributed by atoms with Crippen molar-refractivity contribution in [3.63, 3.8) is 0 Å². The third-order valence-corrected chi connectivity index (χ3v) is 13.1. The van der Waals surface area contributed by atoms with E-state index in [0.717, 1.165) is 84.7 Å². The summed E-state index contributed by atoms with van der Waals surface area (Å²) >= 11 is 0. The zero-order chi connectivity index (χ0) is 46.8. The second-order valence-electron chi connectivity index (χ2n) is 22.4. The molecule has 8 heteroatoms. The average Bonchev–Trinajstić information content (AvgIpc) is 3.21. The van der Waals surface area contributed by atoms with Gasteiger partial charge in [0, 0.05) is 69.4 Å². The summed E-state index contributed by atoms with van der Waals surface area (Å²) in [6.45, 7) is 25.8. The maximum atomic E-state index is 11.7. The summed E-state index contributed by atoms with van der Waals surface area (Å²) in [7, 11) is 0. The molecule has 2 aliphatic carbocycles. The predicted octanol–water partition coefficient (Wildman–Crippen LogP) is 13.1. The van der Waals surface area contributed by atoms with Gasteiger partial charge in [0.2, 0.25) is 0 Å². The molecule has 64 heavy (non-hydrogen) atoms. The first kappa shape index (κ1) is 48.2. The zero-order valence-corrected chi connectivity index (χ0v) is 40.6. The number of nitrogens with zero attached hydrogens (tertiary/aromatic N) is 4. The highest BCUT2D eigenvalue weighted by Gasteiger charge is 2.29. The predicted molar refractivity (Wildman–Crippen MR) is 269 cm³/mol. The first-order valence-corrected chi connectivity index (χ1v) is 23.5. The molecule has 0 radical (unpaired) electrons. The molecule has 0 amide bonds. The molecule has 2 saturated carbocycles. The molecular weight excluding hydrogens is 793 g/mol. The molecule has 0 heterocycles. The van der Waals surface area contributed by atoms with Gasteiger partial charge in [-0.25, -0.2) is 0 Å². The van der Waals surface area contributed by atoms with Gasteiger partial charge in [0.05, 0.1) is 24.2 Å². The molecule has 4 aromatic rings. The lowest BCUT2D eigenvalue weighted by Gasteiger charge is -2.28. The van der Waals surface area contributed by atoms with Crippen molar-refractivity contribution < 1.29 is 20.4 Å². The van der Waals surface area contributed by atoms with Crippen LogP contribution < -0.4 is 0 Å². The largest absolute Gasteiger partial charge is 0.507 e. The van der Waals surface area contributed by atoms with Gasteiger partial charge in [0.1, 0.15) is 23.0 Å². The fourth-order valence-corrected chi connectivity index (χ4v) is 8.87. The van der Waals surface area contributed by atoms with E-state index in [9.17, 15) is 20.4 Å². The van der Waals surface area contributed by atoms with Gasteiger partial charge in [-0.3, -0.25) is 20.0 Å². The first-order chi connectivity index (χ1) is 29.9. The summed E-state index contributed by atoms with van der Waals surface area (Å²) < 4.78 is 0. The Kier molecular flexibility index (Phi) is 14.4. The third-order valence-electron chi connectivity index (χ3n) is 13.1. The van der Waals surface area contributed by atoms with Crippen LogP contribution in [0.4, 0.5) is 0 Å². The molecule has 2 aliphatic rings. The molecule has 342 valence electrons. The molecule has 0 bridgehead atoms. The molecule has 0 aliphatic heterocycles. The summed E-state index contributed by atoms with van der Waals surface area (Å²) in [5, 5.41) is 46.1. The Balaban J connectivity index is 1.22. The number of aliphatic imine (C=N–C) groups is 4. The molecule has 6 rings (SSSR count). The topological polar surface area (TPSA) is 130 Å². The normalized spacial score (nSPS) is 20.6. The Morgan fingerprint density at radius 3 is 0.969 bits per heavy atom. The van der Waals surface area contributed by atoms with Gasteiger partial charge in [-0.2, -0.15) is 0 Å². The Hall–Kier alpha value is -5.24. The maximum absolute atomic E-state index is 11.7. The van der Waals surface area contributed by atoms with E-state index in [2.05, 4.69) is 107 Å². The van der Waals surface area contributed by atoms with E-state index < -0.39 is 0 Å². The van der Waals surface area contributed by atoms with Crippen LogP contribution in [0, 0.1) is 0 Å². The van der Waals surface area contributed by atoms with E-state index in [0.29, 0.717) is 22.3 Å². The average molecular weight is 867 g/mol. The standard InChI is InChI=1S/C56H74N4O4/c1-53(2,3)39-27-37(51(63)43(29-39)55(7,8)9)33-59-47-25-15-13-23-45(47)57-31-35-19-17-21-41(49(35)61)42-22-18-20-36(50(42)62)32-58-46-24-14-16-26-48(46)60-34-38-28-40(54(4,5)6)30-44(52(38)64)56(10,11)12/h17-22,27-34,45-48,61-64H,13-16,23-26H2,1-12H3/t45-,46-,47-,48-/m0/s1. The maximum Gasteiger partial charge on any atom is 0.132 e. The molecule has 0 unspecified atom stereocenters. The van der Waals surface area contributed by atoms with E-state index in [4.69, 9.17) is 20.0 Å². The molecule has 0 saturated heterocycles. The molecule has 8 nitrogen and oxygen atoms in total. The Bertz CT molecular complexity index is 2250. The Morgan fingerprint density at radius 1 is 0.391 bits per heavy atom. The van der Waals surface area contributed by atoms with Crippen molar-refractivity contribution in [3.8, 4) is 34.1 Å². The number of rotatable bonds is 9. The van der Waals surface area contributed by atoms with Crippen LogP contribution in [0.15, 0.2) is 80.6 Å². The summed E-state index contributed by atoms with van der Waals surface area (Å²) in [6, 6.07) is 19.1. The summed E-state index contributed by atoms with van der Waals surface area (Å²) in [4.78, 5) is 20.1. The van der Waals surface area contributed by atoms with Crippen molar-refractivity contribution in [2.45, 2.75) is 180 Å². The molecule has 0 spiro atoms. The van der Waals surface area contributed by atoms with Crippen LogP contribution in [0.25, 0.3) is 11.1 Å². The number of hydrogen-bond donors (Lipinski definition) is 4. The molecule has 4 N–H and O–H groups in total. The van der Waals surface area contributed by atoms with Gasteiger partial charge in [-0.05, 0) is 82.7 Å². The number of benzene rings is 4. The molecular formula is C56H74N4O4. The summed E-state index contributed by atoms with van der Waals surface area (Å²) in [5.74, 6) is 0.636. The van der Waals surface area contributed by atoms with Gasteiger partial charge in [-0.15, -0.1) is 0 Å². The van der Waals surface area contributed by atoms with Crippen molar-refractivity contribution >= 4 is 24.9 Å². The van der Waals surface area contributed by atoms with Gasteiger partial charge < -0.3 is 20.4 Å². The lowest BCUT2D eigenvalue weighted by molar-refractivity contribution is 0.390. The van der Waals surface area contributed by atoms with Crippen molar-refractivity contribution in [2.24, 2.45) is 20.0 Å². The van der Waals surface area contributed by atoms with Crippen LogP contribution in [0.5, 0.6) is 23.0 Å².